The van der Waals surface area contributed by atoms with Crippen molar-refractivity contribution in [1.82, 2.24) is 10.4 Å². The van der Waals surface area contributed by atoms with E-state index < -0.39 is 23.8 Å². The fourth-order valence-corrected chi connectivity index (χ4v) is 3.81. The van der Waals surface area contributed by atoms with E-state index in [0.29, 0.717) is 18.5 Å². The number of benzene rings is 3. The summed E-state index contributed by atoms with van der Waals surface area (Å²) in [6.45, 7) is 5.82. The maximum Gasteiger partial charge on any atom is 0.422 e. The Morgan fingerprint density at radius 2 is 1.67 bits per heavy atom. The zero-order chi connectivity index (χ0) is 26.1. The SMILES string of the molecule is CC(C)(C)OC(=O)NN(Cc1ccc(-c2ccccc2C#N)cc1)C[C@H](O)[C@@H](N)Cc1ccccc1. The van der Waals surface area contributed by atoms with Crippen molar-refractivity contribution in [3.05, 3.63) is 95.6 Å². The Hall–Kier alpha value is -3.70. The Morgan fingerprint density at radius 3 is 2.31 bits per heavy atom. The topological polar surface area (TPSA) is 112 Å². The molecule has 0 spiro atoms. The third kappa shape index (κ3) is 8.21. The number of hydrazine groups is 1. The van der Waals surface area contributed by atoms with Crippen LogP contribution < -0.4 is 11.2 Å². The summed E-state index contributed by atoms with van der Waals surface area (Å²) in [5.74, 6) is 0. The molecule has 2 atom stereocenters. The third-order valence-electron chi connectivity index (χ3n) is 5.55. The second-order valence-corrected chi connectivity index (χ2v) is 9.77. The maximum absolute atomic E-state index is 12.5. The highest BCUT2D eigenvalue weighted by Gasteiger charge is 2.23. The molecule has 0 aromatic heterocycles. The highest BCUT2D eigenvalue weighted by Crippen LogP contribution is 2.24. The van der Waals surface area contributed by atoms with Gasteiger partial charge in [0.25, 0.3) is 0 Å². The molecule has 4 N–H and O–H groups in total. The summed E-state index contributed by atoms with van der Waals surface area (Å²) in [7, 11) is 0. The van der Waals surface area contributed by atoms with E-state index in [1.807, 2.05) is 72.8 Å². The van der Waals surface area contributed by atoms with Crippen molar-refractivity contribution < 1.29 is 14.6 Å². The van der Waals surface area contributed by atoms with Crippen molar-refractivity contribution in [1.29, 1.82) is 5.26 Å². The second kappa shape index (κ2) is 12.3. The molecular formula is C29H34N4O3. The van der Waals surface area contributed by atoms with E-state index in [2.05, 4.69) is 11.5 Å². The van der Waals surface area contributed by atoms with Crippen molar-refractivity contribution in [2.45, 2.75) is 51.5 Å². The molecule has 0 aliphatic carbocycles. The van der Waals surface area contributed by atoms with Gasteiger partial charge in [0, 0.05) is 19.1 Å². The highest BCUT2D eigenvalue weighted by molar-refractivity contribution is 5.70. The van der Waals surface area contributed by atoms with Gasteiger partial charge in [-0.3, -0.25) is 5.43 Å². The van der Waals surface area contributed by atoms with Crippen LogP contribution in [0, 0.1) is 11.3 Å². The molecule has 0 bridgehead atoms. The van der Waals surface area contributed by atoms with Gasteiger partial charge < -0.3 is 15.6 Å². The molecule has 0 fully saturated rings. The zero-order valence-electron chi connectivity index (χ0n) is 21.0. The number of amides is 1. The number of hydrogen-bond donors (Lipinski definition) is 3. The lowest BCUT2D eigenvalue weighted by Gasteiger charge is -2.29. The van der Waals surface area contributed by atoms with Crippen LogP contribution in [0.1, 0.15) is 37.5 Å². The van der Waals surface area contributed by atoms with E-state index in [4.69, 9.17) is 10.5 Å². The normalized spacial score (nSPS) is 13.0. The van der Waals surface area contributed by atoms with Crippen LogP contribution in [0.4, 0.5) is 4.79 Å². The number of hydrogen-bond acceptors (Lipinski definition) is 6. The summed E-state index contributed by atoms with van der Waals surface area (Å²) >= 11 is 0. The van der Waals surface area contributed by atoms with E-state index in [9.17, 15) is 15.2 Å². The molecule has 0 aliphatic rings. The van der Waals surface area contributed by atoms with E-state index >= 15 is 0 Å². The number of ether oxygens (including phenoxy) is 1. The monoisotopic (exact) mass is 486 g/mol. The van der Waals surface area contributed by atoms with Gasteiger partial charge >= 0.3 is 6.09 Å². The summed E-state index contributed by atoms with van der Waals surface area (Å²) in [4.78, 5) is 12.5. The lowest BCUT2D eigenvalue weighted by atomic mass is 9.99. The number of aliphatic hydroxyl groups is 1. The molecular weight excluding hydrogens is 452 g/mol. The molecule has 0 heterocycles. The maximum atomic E-state index is 12.5. The second-order valence-electron chi connectivity index (χ2n) is 9.77. The minimum absolute atomic E-state index is 0.117. The summed E-state index contributed by atoms with van der Waals surface area (Å²) in [6.07, 6.45) is -0.984. The molecule has 3 aromatic rings. The van der Waals surface area contributed by atoms with Crippen LogP contribution in [0.15, 0.2) is 78.9 Å². The van der Waals surface area contributed by atoms with E-state index in [1.165, 1.54) is 0 Å². The van der Waals surface area contributed by atoms with Gasteiger partial charge in [-0.05, 0) is 55.5 Å². The molecule has 7 nitrogen and oxygen atoms in total. The molecule has 0 saturated heterocycles. The largest absolute Gasteiger partial charge is 0.443 e. The predicted octanol–water partition coefficient (Wildman–Crippen LogP) is 4.40. The number of aliphatic hydroxyl groups excluding tert-OH is 1. The van der Waals surface area contributed by atoms with Crippen molar-refractivity contribution in [2.75, 3.05) is 6.54 Å². The minimum Gasteiger partial charge on any atom is -0.443 e. The summed E-state index contributed by atoms with van der Waals surface area (Å²) in [5.41, 5.74) is 12.7. The average Bonchev–Trinajstić information content (AvgIpc) is 2.83. The van der Waals surface area contributed by atoms with Crippen LogP contribution in [-0.2, 0) is 17.7 Å². The third-order valence-corrected chi connectivity index (χ3v) is 5.55. The van der Waals surface area contributed by atoms with Crippen molar-refractivity contribution >= 4 is 6.09 Å². The fraction of sp³-hybridized carbons (Fsp3) is 0.310. The van der Waals surface area contributed by atoms with Crippen LogP contribution >= 0.6 is 0 Å². The number of nitrogens with zero attached hydrogens (tertiary/aromatic N) is 2. The first-order valence-corrected chi connectivity index (χ1v) is 11.9. The summed E-state index contributed by atoms with van der Waals surface area (Å²) in [6, 6.07) is 26.6. The van der Waals surface area contributed by atoms with Crippen LogP contribution in [0.25, 0.3) is 11.1 Å². The van der Waals surface area contributed by atoms with Gasteiger partial charge in [-0.1, -0.05) is 72.8 Å². The highest BCUT2D eigenvalue weighted by atomic mass is 16.6. The Labute approximate surface area is 213 Å². The first-order valence-electron chi connectivity index (χ1n) is 11.9. The zero-order valence-corrected chi connectivity index (χ0v) is 21.0. The first-order chi connectivity index (χ1) is 17.1. The number of nitrogens with one attached hydrogen (secondary N) is 1. The van der Waals surface area contributed by atoms with Gasteiger partial charge in [0.15, 0.2) is 0 Å². The predicted molar refractivity (Wildman–Crippen MR) is 141 cm³/mol. The van der Waals surface area contributed by atoms with Crippen LogP contribution in [0.5, 0.6) is 0 Å². The van der Waals surface area contributed by atoms with E-state index in [0.717, 1.165) is 22.3 Å². The van der Waals surface area contributed by atoms with Gasteiger partial charge in [0.1, 0.15) is 5.60 Å². The number of rotatable bonds is 9. The number of nitriles is 1. The molecule has 1 amide bonds. The van der Waals surface area contributed by atoms with Gasteiger partial charge in [-0.2, -0.15) is 5.26 Å². The average molecular weight is 487 g/mol. The van der Waals surface area contributed by atoms with Gasteiger partial charge in [-0.25, -0.2) is 9.80 Å². The molecule has 36 heavy (non-hydrogen) atoms. The van der Waals surface area contributed by atoms with Gasteiger partial charge in [0.05, 0.1) is 17.7 Å². The van der Waals surface area contributed by atoms with Crippen LogP contribution in [0.2, 0.25) is 0 Å². The van der Waals surface area contributed by atoms with E-state index in [1.54, 1.807) is 31.8 Å². The molecule has 3 rings (SSSR count). The Morgan fingerprint density at radius 1 is 1.03 bits per heavy atom. The smallest absolute Gasteiger partial charge is 0.422 e. The standard InChI is InChI=1S/C29H34N4O3/c1-29(2,3)36-28(35)32-33(20-27(34)26(31)17-21-9-5-4-6-10-21)19-22-13-15-23(16-14-22)25-12-8-7-11-24(25)18-30/h4-16,26-27,34H,17,19-20,31H2,1-3H3,(H,32,35)/t26-,27-/m0/s1. The Bertz CT molecular complexity index is 1170. The lowest BCUT2D eigenvalue weighted by molar-refractivity contribution is 0.0171. The lowest BCUT2D eigenvalue weighted by Crippen LogP contribution is -2.51. The van der Waals surface area contributed by atoms with Crippen LogP contribution in [-0.4, -0.2) is 40.5 Å². The van der Waals surface area contributed by atoms with Gasteiger partial charge in [-0.15, -0.1) is 0 Å². The molecule has 0 aliphatic heterocycles. The Kier molecular flexibility index (Phi) is 9.20. The molecule has 3 aromatic carbocycles. The van der Waals surface area contributed by atoms with E-state index in [-0.39, 0.29) is 6.54 Å². The van der Waals surface area contributed by atoms with Gasteiger partial charge in [0.2, 0.25) is 0 Å². The Balaban J connectivity index is 1.73. The quantitative estimate of drug-likeness (QED) is 0.387. The molecule has 0 radical (unpaired) electrons. The summed E-state index contributed by atoms with van der Waals surface area (Å²) < 4.78 is 5.41. The first kappa shape index (κ1) is 26.9. The minimum atomic E-state index is -0.887. The fourth-order valence-electron chi connectivity index (χ4n) is 3.81. The molecule has 7 heteroatoms. The van der Waals surface area contributed by atoms with Crippen LogP contribution in [0.3, 0.4) is 0 Å². The molecule has 0 unspecified atom stereocenters. The molecule has 188 valence electrons. The number of carbonyl (C=O) groups excluding carboxylic acids is 1. The van der Waals surface area contributed by atoms with Crippen molar-refractivity contribution in [3.8, 4) is 17.2 Å². The van der Waals surface area contributed by atoms with Crippen molar-refractivity contribution in [2.24, 2.45) is 5.73 Å². The number of carbonyl (C=O) groups is 1. The summed E-state index contributed by atoms with van der Waals surface area (Å²) in [5, 5.41) is 21.8. The van der Waals surface area contributed by atoms with Crippen molar-refractivity contribution in [3.63, 3.8) is 0 Å². The molecule has 0 saturated carbocycles. The number of nitrogens with two attached hydrogens (primary N) is 1.